The fraction of sp³-hybridized carbons (Fsp3) is 0.630. The van der Waals surface area contributed by atoms with E-state index in [9.17, 15) is 15.0 Å². The molecule has 8 heteroatoms. The quantitative estimate of drug-likeness (QED) is 0.573. The first-order valence-corrected chi connectivity index (χ1v) is 12.6. The van der Waals surface area contributed by atoms with Crippen LogP contribution in [0.1, 0.15) is 45.4 Å². The van der Waals surface area contributed by atoms with Crippen molar-refractivity contribution in [1.82, 2.24) is 9.88 Å². The van der Waals surface area contributed by atoms with E-state index in [1.165, 1.54) is 0 Å². The van der Waals surface area contributed by atoms with Crippen LogP contribution >= 0.6 is 0 Å². The smallest absolute Gasteiger partial charge is 0.251 e. The van der Waals surface area contributed by atoms with Crippen LogP contribution in [0.3, 0.4) is 0 Å². The Kier molecular flexibility index (Phi) is 4.95. The lowest BCUT2D eigenvalue weighted by atomic mass is 9.57. The molecule has 0 radical (unpaired) electrons. The number of aromatic nitrogens is 1. The summed E-state index contributed by atoms with van der Waals surface area (Å²) in [6.07, 6.45) is 7.48. The predicted octanol–water partition coefficient (Wildman–Crippen LogP) is 2.76. The summed E-state index contributed by atoms with van der Waals surface area (Å²) in [5, 5.41) is 24.8. The number of hydrogen-bond donors (Lipinski definition) is 3. The van der Waals surface area contributed by atoms with Gasteiger partial charge in [0, 0.05) is 35.6 Å². The molecule has 0 aromatic carbocycles. The van der Waals surface area contributed by atoms with Gasteiger partial charge in [0.15, 0.2) is 5.67 Å². The highest BCUT2D eigenvalue weighted by Crippen LogP contribution is 2.69. The fourth-order valence-corrected chi connectivity index (χ4v) is 7.97. The third-order valence-electron chi connectivity index (χ3n) is 9.86. The van der Waals surface area contributed by atoms with Gasteiger partial charge < -0.3 is 25.2 Å². The van der Waals surface area contributed by atoms with Gasteiger partial charge in [0.2, 0.25) is 0 Å². The van der Waals surface area contributed by atoms with E-state index in [-0.39, 0.29) is 18.2 Å². The molecule has 3 fully saturated rings. The van der Waals surface area contributed by atoms with Crippen molar-refractivity contribution in [3.8, 4) is 0 Å². The maximum Gasteiger partial charge on any atom is 0.251 e. The number of hydrogen-bond acceptors (Lipinski definition) is 6. The normalized spacial score (nSPS) is 45.8. The Hall–Kier alpha value is -2.13. The topological polar surface area (TPSA) is 94.9 Å². The second-order valence-corrected chi connectivity index (χ2v) is 11.6. The highest BCUT2D eigenvalue weighted by Gasteiger charge is 2.76. The zero-order valence-electron chi connectivity index (χ0n) is 20.5. The van der Waals surface area contributed by atoms with Crippen molar-refractivity contribution in [2.24, 2.45) is 11.3 Å². The van der Waals surface area contributed by atoms with Crippen LogP contribution in [0.25, 0.3) is 0 Å². The lowest BCUT2D eigenvalue weighted by molar-refractivity contribution is -0.283. The molecule has 2 bridgehead atoms. The summed E-state index contributed by atoms with van der Waals surface area (Å²) >= 11 is 0. The van der Waals surface area contributed by atoms with Crippen molar-refractivity contribution in [1.29, 1.82) is 0 Å². The summed E-state index contributed by atoms with van der Waals surface area (Å²) in [5.41, 5.74) is -2.02. The predicted molar refractivity (Wildman–Crippen MR) is 128 cm³/mol. The number of halogens is 1. The summed E-state index contributed by atoms with van der Waals surface area (Å²) < 4.78 is 23.6. The number of amides is 1. The monoisotopic (exact) mass is 483 g/mol. The lowest BCUT2D eigenvalue weighted by Gasteiger charge is -2.61. The van der Waals surface area contributed by atoms with E-state index in [0.29, 0.717) is 37.8 Å². The van der Waals surface area contributed by atoms with Gasteiger partial charge in [-0.25, -0.2) is 4.39 Å². The molecule has 1 amide bonds. The molecule has 1 aromatic heterocycles. The molecule has 8 atom stereocenters. The summed E-state index contributed by atoms with van der Waals surface area (Å²) in [7, 11) is 3.68. The van der Waals surface area contributed by atoms with Crippen LogP contribution in [-0.2, 0) is 9.53 Å². The molecule has 188 valence electrons. The van der Waals surface area contributed by atoms with Crippen LogP contribution < -0.4 is 5.32 Å². The first kappa shape index (κ1) is 23.3. The van der Waals surface area contributed by atoms with Gasteiger partial charge in [-0.3, -0.25) is 9.78 Å². The van der Waals surface area contributed by atoms with Gasteiger partial charge in [0.05, 0.1) is 23.6 Å². The van der Waals surface area contributed by atoms with Crippen LogP contribution in [0.2, 0.25) is 0 Å². The molecule has 5 aliphatic rings. The Morgan fingerprint density at radius 3 is 2.80 bits per heavy atom. The maximum absolute atomic E-state index is 16.8. The van der Waals surface area contributed by atoms with Crippen LogP contribution in [-0.4, -0.2) is 75.2 Å². The Balaban J connectivity index is 1.35. The Morgan fingerprint density at radius 1 is 1.29 bits per heavy atom. The first-order chi connectivity index (χ1) is 16.6. The summed E-state index contributed by atoms with van der Waals surface area (Å²) in [4.78, 5) is 19.2. The SMILES string of the molecule is CN(C)[C@H]1C[C@@]23CC[C@@]4(O2)C(=CC[C@]2(C)C(C(=O)Nc5cccnc5)=CCC24)CC3(F)[C@@H](O)[C@@H]1O. The molecule has 3 aliphatic carbocycles. The minimum atomic E-state index is -2.04. The zero-order chi connectivity index (χ0) is 24.8. The average Bonchev–Trinajstić information content (AvgIpc) is 3.36. The van der Waals surface area contributed by atoms with Crippen molar-refractivity contribution in [2.45, 2.75) is 80.6 Å². The third-order valence-corrected chi connectivity index (χ3v) is 9.86. The average molecular weight is 484 g/mol. The van der Waals surface area contributed by atoms with E-state index >= 15 is 4.39 Å². The zero-order valence-corrected chi connectivity index (χ0v) is 20.5. The van der Waals surface area contributed by atoms with Gasteiger partial charge >= 0.3 is 0 Å². The van der Waals surface area contributed by atoms with E-state index in [2.05, 4.69) is 17.2 Å². The van der Waals surface area contributed by atoms with Gasteiger partial charge in [-0.1, -0.05) is 19.1 Å². The van der Waals surface area contributed by atoms with E-state index in [4.69, 9.17) is 4.74 Å². The van der Waals surface area contributed by atoms with Gasteiger partial charge in [-0.05, 0) is 63.9 Å². The van der Waals surface area contributed by atoms with Gasteiger partial charge in [-0.2, -0.15) is 0 Å². The number of allylic oxidation sites excluding steroid dienone is 2. The maximum atomic E-state index is 16.8. The largest absolute Gasteiger partial charge is 0.389 e. The number of rotatable bonds is 3. The molecular formula is C27H34FN3O4. The molecule has 35 heavy (non-hydrogen) atoms. The Labute approximate surface area is 205 Å². The van der Waals surface area contributed by atoms with Gasteiger partial charge in [-0.15, -0.1) is 0 Å². The van der Waals surface area contributed by atoms with Gasteiger partial charge in [0.25, 0.3) is 5.91 Å². The van der Waals surface area contributed by atoms with Crippen LogP contribution in [0.15, 0.2) is 47.8 Å². The number of pyridine rings is 1. The molecule has 2 unspecified atom stereocenters. The van der Waals surface area contributed by atoms with Crippen molar-refractivity contribution < 1.29 is 24.1 Å². The number of alkyl halides is 1. The molecule has 1 aromatic rings. The second kappa shape index (κ2) is 7.44. The minimum Gasteiger partial charge on any atom is -0.389 e. The van der Waals surface area contributed by atoms with Crippen molar-refractivity contribution in [3.63, 3.8) is 0 Å². The highest BCUT2D eigenvalue weighted by atomic mass is 19.1. The molecule has 3 N–H and O–H groups in total. The summed E-state index contributed by atoms with van der Waals surface area (Å²) in [6.45, 7) is 2.12. The number of carbonyl (C=O) groups excluding carboxylic acids is 1. The third kappa shape index (κ3) is 2.91. The van der Waals surface area contributed by atoms with Gasteiger partial charge in [0.1, 0.15) is 11.7 Å². The standard InChI is InChI=1S/C27H34FN3O4/c1-24-9-8-16-13-27(28)22(33)21(32)19(31(2)3)14-25(27)10-11-26(16,35-25)20(24)7-6-18(24)23(34)30-17-5-4-12-29-15-17/h4-6,8,12,15,19-22,32-33H,7,9-11,13-14H2,1-3H3,(H,30,34)/t19-,20?,21+,22-,24+,25+,26+,27?/m0/s1. The molecule has 3 heterocycles. The number of carbonyl (C=O) groups is 1. The Morgan fingerprint density at radius 2 is 2.09 bits per heavy atom. The molecule has 6 rings (SSSR count). The molecule has 2 spiro atoms. The number of ether oxygens (including phenoxy) is 1. The van der Waals surface area contributed by atoms with Crippen LogP contribution in [0, 0.1) is 11.3 Å². The fourth-order valence-electron chi connectivity index (χ4n) is 7.97. The number of nitrogens with zero attached hydrogens (tertiary/aromatic N) is 2. The number of aliphatic hydroxyl groups is 2. The number of likely N-dealkylation sites (N-methyl/N-ethyl adjacent to an activating group) is 1. The van der Waals surface area contributed by atoms with Crippen LogP contribution in [0.4, 0.5) is 10.1 Å². The molecule has 2 aliphatic heterocycles. The number of nitrogens with one attached hydrogen (secondary N) is 1. The lowest BCUT2D eigenvalue weighted by Crippen LogP contribution is -2.74. The number of anilines is 1. The minimum absolute atomic E-state index is 0.00960. The highest BCUT2D eigenvalue weighted by molar-refractivity contribution is 6.05. The summed E-state index contributed by atoms with van der Waals surface area (Å²) in [5.74, 6) is -0.126. The van der Waals surface area contributed by atoms with E-state index < -0.39 is 40.5 Å². The second-order valence-electron chi connectivity index (χ2n) is 11.6. The summed E-state index contributed by atoms with van der Waals surface area (Å²) in [6, 6.07) is 3.20. The molecular weight excluding hydrogens is 449 g/mol. The van der Waals surface area contributed by atoms with E-state index in [0.717, 1.165) is 11.1 Å². The molecule has 7 nitrogen and oxygen atoms in total. The first-order valence-electron chi connectivity index (χ1n) is 12.6. The molecule has 2 saturated heterocycles. The van der Waals surface area contributed by atoms with Crippen LogP contribution in [0.5, 0.6) is 0 Å². The van der Waals surface area contributed by atoms with Crippen molar-refractivity contribution in [3.05, 3.63) is 47.8 Å². The van der Waals surface area contributed by atoms with E-state index in [1.54, 1.807) is 18.5 Å². The Bertz CT molecular complexity index is 1120. The van der Waals surface area contributed by atoms with Crippen molar-refractivity contribution in [2.75, 3.05) is 19.4 Å². The van der Waals surface area contributed by atoms with E-state index in [1.807, 2.05) is 37.2 Å². The number of fused-ring (bicyclic) bond motifs is 1. The number of aliphatic hydroxyl groups excluding tert-OH is 2. The molecule has 1 saturated carbocycles. The van der Waals surface area contributed by atoms with Crippen molar-refractivity contribution >= 4 is 11.6 Å².